The molecule has 0 spiro atoms. The highest BCUT2D eigenvalue weighted by molar-refractivity contribution is 7.70. The number of nitrogens with zero attached hydrogens (tertiary/aromatic N) is 6. The van der Waals surface area contributed by atoms with Crippen molar-refractivity contribution in [2.45, 2.75) is 6.42 Å². The van der Waals surface area contributed by atoms with E-state index in [-0.39, 0.29) is 5.95 Å². The van der Waals surface area contributed by atoms with E-state index in [1.807, 2.05) is 24.3 Å². The highest BCUT2D eigenvalue weighted by Crippen LogP contribution is 2.35. The number of fused-ring (bicyclic) bond motifs is 1. The van der Waals surface area contributed by atoms with E-state index in [2.05, 4.69) is 19.6 Å². The fourth-order valence-corrected chi connectivity index (χ4v) is 4.89. The molecule has 13 heteroatoms. The maximum atomic E-state index is 10.8. The summed E-state index contributed by atoms with van der Waals surface area (Å²) in [5, 5.41) is 0.814. The van der Waals surface area contributed by atoms with E-state index in [0.29, 0.717) is 50.7 Å². The molecule has 0 amide bonds. The molecule has 0 unspecified atom stereocenters. The van der Waals surface area contributed by atoms with Crippen LogP contribution in [0.2, 0.25) is 0 Å². The number of nitrogens with one attached hydrogen (secondary N) is 1. The molecule has 0 saturated carbocycles. The average Bonchev–Trinajstić information content (AvgIpc) is 3.29. The van der Waals surface area contributed by atoms with Crippen LogP contribution < -0.4 is 15.4 Å². The number of aromatic nitrogens is 5. The van der Waals surface area contributed by atoms with Crippen LogP contribution >= 0.6 is 11.3 Å². The molecule has 3 aromatic heterocycles. The number of thiazole rings is 1. The Morgan fingerprint density at radius 1 is 1.09 bits per heavy atom. The molecule has 1 aliphatic rings. The van der Waals surface area contributed by atoms with Gasteiger partial charge in [-0.25, -0.2) is 38.1 Å². The molecule has 34 heavy (non-hydrogen) atoms. The molecule has 5 rings (SSSR count). The summed E-state index contributed by atoms with van der Waals surface area (Å²) in [7, 11) is -2.60. The Bertz CT molecular complexity index is 1380. The van der Waals surface area contributed by atoms with E-state index in [1.165, 1.54) is 11.3 Å². The lowest BCUT2D eigenvalue weighted by Crippen LogP contribution is -2.37. The van der Waals surface area contributed by atoms with Crippen LogP contribution in [0.25, 0.3) is 32.3 Å². The van der Waals surface area contributed by atoms with Crippen LogP contribution in [0.3, 0.4) is 0 Å². The van der Waals surface area contributed by atoms with E-state index in [1.54, 1.807) is 12.4 Å². The number of anilines is 2. The maximum Gasteiger partial charge on any atom is 0.219 e. The summed E-state index contributed by atoms with van der Waals surface area (Å²) in [6.45, 7) is 3.01. The molecular formula is C21H22N8O3S2. The first kappa shape index (κ1) is 22.5. The van der Waals surface area contributed by atoms with Gasteiger partial charge >= 0.3 is 0 Å². The lowest BCUT2D eigenvalue weighted by Gasteiger charge is -2.28. The van der Waals surface area contributed by atoms with Crippen molar-refractivity contribution in [3.05, 3.63) is 42.2 Å². The molecule has 1 fully saturated rings. The highest BCUT2D eigenvalue weighted by Gasteiger charge is 2.22. The quantitative estimate of drug-likeness (QED) is 0.318. The molecule has 0 bridgehead atoms. The van der Waals surface area contributed by atoms with Crippen LogP contribution in [0.1, 0.15) is 5.56 Å². The van der Waals surface area contributed by atoms with Crippen LogP contribution in [0.4, 0.5) is 11.8 Å². The fraction of sp³-hybridized carbons (Fsp3) is 0.286. The molecule has 0 radical (unpaired) electrons. The van der Waals surface area contributed by atoms with Crippen molar-refractivity contribution in [1.29, 1.82) is 0 Å². The molecule has 11 nitrogen and oxygen atoms in total. The van der Waals surface area contributed by atoms with E-state index in [9.17, 15) is 8.42 Å². The van der Waals surface area contributed by atoms with Gasteiger partial charge in [-0.3, -0.25) is 0 Å². The van der Waals surface area contributed by atoms with Crippen LogP contribution in [0.5, 0.6) is 0 Å². The standard InChI is InChI=1S/C21H22N8O3S2/c22-21-23-11-15(12-24-21)17-27-18(29-6-8-32-9-7-29)16-20(28-17)33-19(26-16)14-3-1-2-13(10-14)4-5-25-34(30)31/h1-3,10-12,34H,4-9H2,(H2,22,23,24)(H,25,30,31). The number of benzene rings is 1. The smallest absolute Gasteiger partial charge is 0.219 e. The zero-order chi connectivity index (χ0) is 23.5. The van der Waals surface area contributed by atoms with Crippen molar-refractivity contribution in [2.24, 2.45) is 0 Å². The fourth-order valence-electron chi connectivity index (χ4n) is 3.66. The van der Waals surface area contributed by atoms with Crippen molar-refractivity contribution < 1.29 is 13.2 Å². The van der Waals surface area contributed by atoms with Crippen LogP contribution in [-0.4, -0.2) is 66.2 Å². The zero-order valence-corrected chi connectivity index (χ0v) is 19.8. The molecule has 0 atom stereocenters. The number of nitrogens with two attached hydrogens (primary N) is 1. The third-order valence-electron chi connectivity index (χ3n) is 5.31. The maximum absolute atomic E-state index is 10.8. The Morgan fingerprint density at radius 3 is 2.65 bits per heavy atom. The largest absolute Gasteiger partial charge is 0.378 e. The Kier molecular flexibility index (Phi) is 6.58. The number of hydrogen-bond acceptors (Lipinski definition) is 11. The van der Waals surface area contributed by atoms with E-state index in [0.717, 1.165) is 32.3 Å². The van der Waals surface area contributed by atoms with Gasteiger partial charge in [-0.2, -0.15) is 0 Å². The van der Waals surface area contributed by atoms with Gasteiger partial charge in [-0.05, 0) is 18.1 Å². The molecule has 1 saturated heterocycles. The summed E-state index contributed by atoms with van der Waals surface area (Å²) in [5.74, 6) is 1.45. The van der Waals surface area contributed by atoms with Crippen LogP contribution in [0.15, 0.2) is 36.7 Å². The van der Waals surface area contributed by atoms with Gasteiger partial charge in [0.1, 0.15) is 15.4 Å². The first-order chi connectivity index (χ1) is 16.6. The summed E-state index contributed by atoms with van der Waals surface area (Å²) in [4.78, 5) is 25.5. The van der Waals surface area contributed by atoms with Gasteiger partial charge in [0.05, 0.1) is 18.8 Å². The number of ether oxygens (including phenoxy) is 1. The first-order valence-corrected chi connectivity index (χ1v) is 12.6. The van der Waals surface area contributed by atoms with Gasteiger partial charge in [0, 0.05) is 37.6 Å². The molecular weight excluding hydrogens is 476 g/mol. The lowest BCUT2D eigenvalue weighted by molar-refractivity contribution is 0.122. The SMILES string of the molecule is Nc1ncc(-c2nc(N3CCOCC3)c3nc(-c4cccc(CCN[SH](=O)=O)c4)sc3n2)cn1. The highest BCUT2D eigenvalue weighted by atomic mass is 32.2. The van der Waals surface area contributed by atoms with Crippen LogP contribution in [0, 0.1) is 0 Å². The normalized spacial score (nSPS) is 14.2. The van der Waals surface area contributed by atoms with Gasteiger partial charge in [-0.15, -0.1) is 0 Å². The van der Waals surface area contributed by atoms with E-state index < -0.39 is 10.9 Å². The Morgan fingerprint density at radius 2 is 1.88 bits per heavy atom. The minimum atomic E-state index is -2.60. The van der Waals surface area contributed by atoms with Crippen molar-refractivity contribution in [3.63, 3.8) is 0 Å². The second kappa shape index (κ2) is 9.93. The van der Waals surface area contributed by atoms with Gasteiger partial charge in [0.2, 0.25) is 16.8 Å². The third-order valence-corrected chi connectivity index (χ3v) is 6.79. The lowest BCUT2D eigenvalue weighted by atomic mass is 10.1. The minimum Gasteiger partial charge on any atom is -0.378 e. The summed E-state index contributed by atoms with van der Waals surface area (Å²) >= 11 is 1.48. The van der Waals surface area contributed by atoms with E-state index in [4.69, 9.17) is 25.4 Å². The average molecular weight is 499 g/mol. The Hall–Kier alpha value is -3.26. The molecule has 0 aliphatic carbocycles. The predicted octanol–water partition coefficient (Wildman–Crippen LogP) is 1.29. The Balaban J connectivity index is 1.55. The molecule has 1 aliphatic heterocycles. The summed E-state index contributed by atoms with van der Waals surface area (Å²) in [5.41, 5.74) is 9.00. The first-order valence-electron chi connectivity index (χ1n) is 10.6. The third kappa shape index (κ3) is 4.97. The summed E-state index contributed by atoms with van der Waals surface area (Å²) < 4.78 is 29.5. The number of nitrogen functional groups attached to an aromatic ring is 1. The Labute approximate surface area is 201 Å². The molecule has 4 heterocycles. The number of rotatable bonds is 7. The van der Waals surface area contributed by atoms with Crippen molar-refractivity contribution in [3.8, 4) is 22.0 Å². The van der Waals surface area contributed by atoms with Crippen LogP contribution in [-0.2, 0) is 22.0 Å². The molecule has 3 N–H and O–H groups in total. The molecule has 1 aromatic carbocycles. The summed E-state index contributed by atoms with van der Waals surface area (Å²) in [6, 6.07) is 7.92. The molecule has 176 valence electrons. The second-order valence-corrected chi connectivity index (χ2v) is 9.40. The van der Waals surface area contributed by atoms with Crippen molar-refractivity contribution >= 4 is 44.3 Å². The van der Waals surface area contributed by atoms with Gasteiger partial charge in [0.25, 0.3) is 0 Å². The minimum absolute atomic E-state index is 0.190. The van der Waals surface area contributed by atoms with Gasteiger partial charge in [-0.1, -0.05) is 29.5 Å². The topological polar surface area (TPSA) is 149 Å². The van der Waals surface area contributed by atoms with Crippen molar-refractivity contribution in [2.75, 3.05) is 43.5 Å². The van der Waals surface area contributed by atoms with Gasteiger partial charge in [0.15, 0.2) is 11.6 Å². The van der Waals surface area contributed by atoms with Gasteiger partial charge < -0.3 is 15.4 Å². The monoisotopic (exact) mass is 498 g/mol. The summed E-state index contributed by atoms with van der Waals surface area (Å²) in [6.07, 6.45) is 3.81. The molecule has 4 aromatic rings. The number of hydrogen-bond donors (Lipinski definition) is 3. The predicted molar refractivity (Wildman–Crippen MR) is 131 cm³/mol. The second-order valence-electron chi connectivity index (χ2n) is 7.59. The van der Waals surface area contributed by atoms with E-state index >= 15 is 0 Å². The number of thiol groups is 1. The number of morpholine rings is 1. The zero-order valence-electron chi connectivity index (χ0n) is 18.0. The van der Waals surface area contributed by atoms with Crippen molar-refractivity contribution in [1.82, 2.24) is 29.6 Å².